The standard InChI is InChI=1S/C14H13F3N2/c1-18-13(14-12(17)3-2-6-19-14)8-9-7-10(15)4-5-11(9)16/h2-7,13,18H,8H2,1H3. The van der Waals surface area contributed by atoms with Crippen LogP contribution in [-0.4, -0.2) is 12.0 Å². The molecule has 0 aliphatic carbocycles. The van der Waals surface area contributed by atoms with Gasteiger partial charge in [0.05, 0.1) is 11.7 Å². The van der Waals surface area contributed by atoms with Gasteiger partial charge < -0.3 is 5.32 Å². The molecule has 0 saturated heterocycles. The number of pyridine rings is 1. The molecule has 1 unspecified atom stereocenters. The number of rotatable bonds is 4. The first kappa shape index (κ1) is 13.5. The van der Waals surface area contributed by atoms with Crippen molar-refractivity contribution in [2.45, 2.75) is 12.5 Å². The second-order valence-electron chi connectivity index (χ2n) is 4.15. The lowest BCUT2D eigenvalue weighted by molar-refractivity contribution is 0.502. The second kappa shape index (κ2) is 5.84. The van der Waals surface area contributed by atoms with Crippen molar-refractivity contribution in [3.8, 4) is 0 Å². The second-order valence-corrected chi connectivity index (χ2v) is 4.15. The fourth-order valence-corrected chi connectivity index (χ4v) is 1.91. The molecule has 1 heterocycles. The Kier molecular flexibility index (Phi) is 4.16. The number of nitrogens with zero attached hydrogens (tertiary/aromatic N) is 1. The van der Waals surface area contributed by atoms with Crippen molar-refractivity contribution in [2.75, 3.05) is 7.05 Å². The van der Waals surface area contributed by atoms with E-state index in [1.165, 1.54) is 18.3 Å². The van der Waals surface area contributed by atoms with Crippen LogP contribution in [0, 0.1) is 17.5 Å². The maximum absolute atomic E-state index is 13.6. The predicted molar refractivity (Wildman–Crippen MR) is 66.1 cm³/mol. The molecule has 2 nitrogen and oxygen atoms in total. The molecule has 0 aliphatic heterocycles. The molecule has 0 spiro atoms. The van der Waals surface area contributed by atoms with E-state index < -0.39 is 23.5 Å². The van der Waals surface area contributed by atoms with Gasteiger partial charge in [0.1, 0.15) is 17.5 Å². The molecule has 1 atom stereocenters. The number of benzene rings is 1. The van der Waals surface area contributed by atoms with Gasteiger partial charge in [-0.15, -0.1) is 0 Å². The summed E-state index contributed by atoms with van der Waals surface area (Å²) in [4.78, 5) is 3.94. The van der Waals surface area contributed by atoms with Crippen molar-refractivity contribution in [1.29, 1.82) is 0 Å². The van der Waals surface area contributed by atoms with Crippen LogP contribution in [0.2, 0.25) is 0 Å². The number of hydrogen-bond donors (Lipinski definition) is 1. The van der Waals surface area contributed by atoms with Crippen LogP contribution in [0.25, 0.3) is 0 Å². The Morgan fingerprint density at radius 2 is 1.95 bits per heavy atom. The molecule has 1 N–H and O–H groups in total. The first-order chi connectivity index (χ1) is 9.11. The maximum atomic E-state index is 13.6. The third-order valence-corrected chi connectivity index (χ3v) is 2.90. The van der Waals surface area contributed by atoms with Crippen LogP contribution < -0.4 is 5.32 Å². The van der Waals surface area contributed by atoms with E-state index in [1.54, 1.807) is 7.05 Å². The molecule has 1 aromatic carbocycles. The average Bonchev–Trinajstić information content (AvgIpc) is 2.41. The minimum Gasteiger partial charge on any atom is -0.311 e. The quantitative estimate of drug-likeness (QED) is 0.920. The van der Waals surface area contributed by atoms with Crippen LogP contribution in [0.5, 0.6) is 0 Å². The van der Waals surface area contributed by atoms with Gasteiger partial charge in [0.25, 0.3) is 0 Å². The molecule has 1 aromatic heterocycles. The summed E-state index contributed by atoms with van der Waals surface area (Å²) in [6, 6.07) is 5.47. The third-order valence-electron chi connectivity index (χ3n) is 2.90. The average molecular weight is 266 g/mol. The van der Waals surface area contributed by atoms with E-state index in [0.717, 1.165) is 18.2 Å². The zero-order chi connectivity index (χ0) is 13.8. The largest absolute Gasteiger partial charge is 0.311 e. The smallest absolute Gasteiger partial charge is 0.146 e. The highest BCUT2D eigenvalue weighted by molar-refractivity contribution is 5.22. The number of nitrogens with one attached hydrogen (secondary N) is 1. The lowest BCUT2D eigenvalue weighted by Gasteiger charge is -2.16. The Balaban J connectivity index is 2.29. The van der Waals surface area contributed by atoms with Crippen LogP contribution in [-0.2, 0) is 6.42 Å². The van der Waals surface area contributed by atoms with Crippen LogP contribution in [0.1, 0.15) is 17.3 Å². The minimum absolute atomic E-state index is 0.119. The Bertz CT molecular complexity index is 572. The highest BCUT2D eigenvalue weighted by Gasteiger charge is 2.17. The number of likely N-dealkylation sites (N-methyl/N-ethyl adjacent to an activating group) is 1. The monoisotopic (exact) mass is 266 g/mol. The van der Waals surface area contributed by atoms with Crippen molar-refractivity contribution in [1.82, 2.24) is 10.3 Å². The Hall–Kier alpha value is -1.88. The first-order valence-electron chi connectivity index (χ1n) is 5.83. The number of halogens is 3. The summed E-state index contributed by atoms with van der Waals surface area (Å²) < 4.78 is 40.3. The van der Waals surface area contributed by atoms with E-state index in [0.29, 0.717) is 0 Å². The summed E-state index contributed by atoms with van der Waals surface area (Å²) in [5, 5.41) is 2.86. The molecule has 5 heteroatoms. The van der Waals surface area contributed by atoms with Crippen LogP contribution in [0.4, 0.5) is 13.2 Å². The fraction of sp³-hybridized carbons (Fsp3) is 0.214. The molecule has 0 radical (unpaired) electrons. The van der Waals surface area contributed by atoms with Gasteiger partial charge in [0, 0.05) is 6.20 Å². The predicted octanol–water partition coefficient (Wildman–Crippen LogP) is 3.00. The molecule has 2 aromatic rings. The highest BCUT2D eigenvalue weighted by atomic mass is 19.1. The Morgan fingerprint density at radius 3 is 2.63 bits per heavy atom. The molecule has 2 rings (SSSR count). The summed E-state index contributed by atoms with van der Waals surface area (Å²) in [6.45, 7) is 0. The Labute approximate surface area is 109 Å². The van der Waals surface area contributed by atoms with E-state index in [-0.39, 0.29) is 17.7 Å². The van der Waals surface area contributed by atoms with Gasteiger partial charge >= 0.3 is 0 Å². The van der Waals surface area contributed by atoms with Gasteiger partial charge in [0.2, 0.25) is 0 Å². The van der Waals surface area contributed by atoms with E-state index in [4.69, 9.17) is 0 Å². The molecule has 0 fully saturated rings. The number of hydrogen-bond acceptors (Lipinski definition) is 2. The summed E-state index contributed by atoms with van der Waals surface area (Å²) in [5.41, 5.74) is 0.373. The van der Waals surface area contributed by atoms with Gasteiger partial charge in [0.15, 0.2) is 0 Å². The van der Waals surface area contributed by atoms with Crippen LogP contribution >= 0.6 is 0 Å². The molecule has 0 saturated carbocycles. The summed E-state index contributed by atoms with van der Waals surface area (Å²) in [7, 11) is 1.62. The molecule has 0 amide bonds. The molecule has 0 aliphatic rings. The maximum Gasteiger partial charge on any atom is 0.146 e. The summed E-state index contributed by atoms with van der Waals surface area (Å²) >= 11 is 0. The van der Waals surface area contributed by atoms with Crippen molar-refractivity contribution >= 4 is 0 Å². The fourth-order valence-electron chi connectivity index (χ4n) is 1.91. The molecule has 100 valence electrons. The highest BCUT2D eigenvalue weighted by Crippen LogP contribution is 2.21. The minimum atomic E-state index is -0.521. The van der Waals surface area contributed by atoms with Crippen molar-refractivity contribution in [2.24, 2.45) is 0 Å². The van der Waals surface area contributed by atoms with Crippen molar-refractivity contribution in [3.05, 3.63) is 65.2 Å². The van der Waals surface area contributed by atoms with Gasteiger partial charge in [-0.05, 0) is 49.4 Å². The van der Waals surface area contributed by atoms with Crippen LogP contribution in [0.15, 0.2) is 36.5 Å². The zero-order valence-corrected chi connectivity index (χ0v) is 10.3. The Morgan fingerprint density at radius 1 is 1.16 bits per heavy atom. The lowest BCUT2D eigenvalue weighted by Crippen LogP contribution is -2.21. The lowest BCUT2D eigenvalue weighted by atomic mass is 10.0. The molecule has 19 heavy (non-hydrogen) atoms. The zero-order valence-electron chi connectivity index (χ0n) is 10.3. The van der Waals surface area contributed by atoms with Crippen molar-refractivity contribution in [3.63, 3.8) is 0 Å². The van der Waals surface area contributed by atoms with Gasteiger partial charge in [-0.3, -0.25) is 4.98 Å². The normalized spacial score (nSPS) is 12.4. The van der Waals surface area contributed by atoms with E-state index in [9.17, 15) is 13.2 Å². The summed E-state index contributed by atoms with van der Waals surface area (Å²) in [5.74, 6) is -1.51. The van der Waals surface area contributed by atoms with E-state index in [2.05, 4.69) is 10.3 Å². The SMILES string of the molecule is CNC(Cc1cc(F)ccc1F)c1ncccc1F. The van der Waals surface area contributed by atoms with E-state index in [1.807, 2.05) is 0 Å². The topological polar surface area (TPSA) is 24.9 Å². The number of aromatic nitrogens is 1. The molecular weight excluding hydrogens is 253 g/mol. The molecular formula is C14H13F3N2. The molecule has 0 bridgehead atoms. The first-order valence-corrected chi connectivity index (χ1v) is 5.83. The van der Waals surface area contributed by atoms with Crippen LogP contribution in [0.3, 0.4) is 0 Å². The van der Waals surface area contributed by atoms with Gasteiger partial charge in [-0.25, -0.2) is 13.2 Å². The summed E-state index contributed by atoms with van der Waals surface area (Å²) in [6.07, 6.45) is 1.58. The van der Waals surface area contributed by atoms with E-state index >= 15 is 0 Å². The van der Waals surface area contributed by atoms with Crippen molar-refractivity contribution < 1.29 is 13.2 Å². The van der Waals surface area contributed by atoms with Gasteiger partial charge in [-0.1, -0.05) is 0 Å². The van der Waals surface area contributed by atoms with Gasteiger partial charge in [-0.2, -0.15) is 0 Å². The third kappa shape index (κ3) is 3.12.